The molecule has 0 atom stereocenters. The fourth-order valence-electron chi connectivity index (χ4n) is 4.52. The van der Waals surface area contributed by atoms with E-state index in [9.17, 15) is 4.79 Å². The van der Waals surface area contributed by atoms with Crippen LogP contribution in [0.4, 0.5) is 10.5 Å². The number of nitrogens with zero attached hydrogens (tertiary/aromatic N) is 4. The predicted molar refractivity (Wildman–Crippen MR) is 148 cm³/mol. The molecule has 1 aliphatic heterocycles. The molecule has 0 unspecified atom stereocenters. The van der Waals surface area contributed by atoms with Gasteiger partial charge in [-0.3, -0.25) is 0 Å². The second-order valence-corrected chi connectivity index (χ2v) is 9.49. The third kappa shape index (κ3) is 7.00. The summed E-state index contributed by atoms with van der Waals surface area (Å²) in [5, 5.41) is 7.56. The summed E-state index contributed by atoms with van der Waals surface area (Å²) in [6.07, 6.45) is 4.69. The maximum Gasteiger partial charge on any atom is 0.321 e. The minimum Gasteiger partial charge on any atom is -0.494 e. The zero-order valence-corrected chi connectivity index (χ0v) is 21.9. The van der Waals surface area contributed by atoms with Crippen LogP contribution in [-0.2, 0) is 0 Å². The lowest BCUT2D eigenvalue weighted by molar-refractivity contribution is 0.194. The van der Waals surface area contributed by atoms with E-state index in [4.69, 9.17) is 21.2 Å². The Balaban J connectivity index is 1.31. The normalized spacial score (nSPS) is 14.5. The van der Waals surface area contributed by atoms with E-state index >= 15 is 0 Å². The predicted octanol–water partition coefficient (Wildman–Crippen LogP) is 3.72. The fourth-order valence-corrected chi connectivity index (χ4v) is 4.52. The van der Waals surface area contributed by atoms with Gasteiger partial charge in [-0.1, -0.05) is 0 Å². The van der Waals surface area contributed by atoms with Crippen LogP contribution in [0.5, 0.6) is 11.5 Å². The number of benzene rings is 2. The van der Waals surface area contributed by atoms with Crippen molar-refractivity contribution in [2.45, 2.75) is 51.6 Å². The second kappa shape index (κ2) is 12.9. The van der Waals surface area contributed by atoms with Gasteiger partial charge in [-0.15, -0.1) is 0 Å². The largest absolute Gasteiger partial charge is 0.494 e. The third-order valence-electron chi connectivity index (χ3n) is 6.43. The van der Waals surface area contributed by atoms with Crippen molar-refractivity contribution >= 4 is 28.5 Å². The minimum atomic E-state index is -0.0950. The molecule has 1 aliphatic rings. The summed E-state index contributed by atoms with van der Waals surface area (Å²) in [4.78, 5) is 23.7. The molecule has 6 N–H and O–H groups in total. The van der Waals surface area contributed by atoms with Gasteiger partial charge in [-0.25, -0.2) is 20.6 Å². The number of anilines is 1. The van der Waals surface area contributed by atoms with E-state index in [0.29, 0.717) is 32.0 Å². The molecule has 2 aromatic carbocycles. The lowest BCUT2D eigenvalue weighted by Crippen LogP contribution is -2.40. The smallest absolute Gasteiger partial charge is 0.321 e. The van der Waals surface area contributed by atoms with Gasteiger partial charge >= 0.3 is 6.03 Å². The monoisotopic (exact) mass is 520 g/mol. The van der Waals surface area contributed by atoms with E-state index in [0.717, 1.165) is 53.0 Å². The molecule has 202 valence electrons. The van der Waals surface area contributed by atoms with Gasteiger partial charge < -0.3 is 31.0 Å². The summed E-state index contributed by atoms with van der Waals surface area (Å²) in [6, 6.07) is 13.2. The van der Waals surface area contributed by atoms with Crippen molar-refractivity contribution in [3.05, 3.63) is 54.5 Å². The Labute approximate surface area is 222 Å². The van der Waals surface area contributed by atoms with Crippen LogP contribution >= 0.6 is 0 Å². The standard InChI is InChI=1S/C27H36N8O3/c1-18(2)38-21-7-5-20(6-8-21)32-27(36)35-13-11-19(12-14-35)26-23-10-9-22(16-24(23)30-17-31-26)37-15-3-4-25(33-28)34-29/h5-10,16-19H,3-4,11-15,28-29H2,1-2H3,(H,32,36)(H,33,34). The van der Waals surface area contributed by atoms with E-state index < -0.39 is 0 Å². The molecule has 0 aliphatic carbocycles. The molecule has 0 spiro atoms. The summed E-state index contributed by atoms with van der Waals surface area (Å²) >= 11 is 0. The summed E-state index contributed by atoms with van der Waals surface area (Å²) in [5.41, 5.74) is 5.06. The molecule has 11 nitrogen and oxygen atoms in total. The summed E-state index contributed by atoms with van der Waals surface area (Å²) in [7, 11) is 0. The van der Waals surface area contributed by atoms with Gasteiger partial charge in [0.15, 0.2) is 0 Å². The summed E-state index contributed by atoms with van der Waals surface area (Å²) in [5.74, 6) is 12.9. The number of carbonyl (C=O) groups excluding carboxylic acids is 1. The van der Waals surface area contributed by atoms with Crippen molar-refractivity contribution in [1.29, 1.82) is 0 Å². The Hall–Kier alpha value is -4.12. The van der Waals surface area contributed by atoms with Crippen LogP contribution in [0.1, 0.15) is 51.1 Å². The van der Waals surface area contributed by atoms with E-state index in [-0.39, 0.29) is 18.1 Å². The number of carbonyl (C=O) groups is 1. The van der Waals surface area contributed by atoms with Crippen molar-refractivity contribution < 1.29 is 14.3 Å². The number of nitrogens with two attached hydrogens (primary N) is 2. The van der Waals surface area contributed by atoms with Gasteiger partial charge in [0, 0.05) is 42.6 Å². The Morgan fingerprint density at radius 2 is 1.87 bits per heavy atom. The number of hydrazone groups is 1. The molecular formula is C27H36N8O3. The van der Waals surface area contributed by atoms with Crippen molar-refractivity contribution in [3.8, 4) is 11.5 Å². The number of amides is 2. The van der Waals surface area contributed by atoms with Crippen LogP contribution in [0.15, 0.2) is 53.9 Å². The summed E-state index contributed by atoms with van der Waals surface area (Å²) in [6.45, 7) is 5.78. The van der Waals surface area contributed by atoms with Crippen molar-refractivity contribution in [2.24, 2.45) is 16.8 Å². The van der Waals surface area contributed by atoms with Crippen LogP contribution in [0, 0.1) is 0 Å². The zero-order chi connectivity index (χ0) is 26.9. The van der Waals surface area contributed by atoms with Gasteiger partial charge in [0.2, 0.25) is 0 Å². The highest BCUT2D eigenvalue weighted by molar-refractivity contribution is 5.89. The number of aromatic nitrogens is 2. The topological polar surface area (TPSA) is 153 Å². The number of hydrogen-bond donors (Lipinski definition) is 4. The van der Waals surface area contributed by atoms with Crippen molar-refractivity contribution in [2.75, 3.05) is 25.0 Å². The molecule has 1 aromatic heterocycles. The SMILES string of the molecule is CC(C)Oc1ccc(NC(=O)N2CCC(c3ncnc4cc(OCCC/C(=N/N)NN)ccc34)CC2)cc1. The molecule has 0 bridgehead atoms. The third-order valence-corrected chi connectivity index (χ3v) is 6.43. The maximum absolute atomic E-state index is 12.8. The average Bonchev–Trinajstić information content (AvgIpc) is 2.93. The molecule has 2 amide bonds. The van der Waals surface area contributed by atoms with Crippen LogP contribution in [-0.4, -0.2) is 52.5 Å². The number of likely N-dealkylation sites (tertiary alicyclic amines) is 1. The highest BCUT2D eigenvalue weighted by atomic mass is 16.5. The highest BCUT2D eigenvalue weighted by Gasteiger charge is 2.26. The number of ether oxygens (including phenoxy) is 2. The lowest BCUT2D eigenvalue weighted by Gasteiger charge is -2.32. The molecule has 2 heterocycles. The molecule has 38 heavy (non-hydrogen) atoms. The minimum absolute atomic E-state index is 0.0950. The molecule has 1 saturated heterocycles. The van der Waals surface area contributed by atoms with Crippen LogP contribution in [0.2, 0.25) is 0 Å². The highest BCUT2D eigenvalue weighted by Crippen LogP contribution is 2.32. The molecule has 0 saturated carbocycles. The number of hydrazine groups is 1. The number of piperidine rings is 1. The summed E-state index contributed by atoms with van der Waals surface area (Å²) < 4.78 is 11.5. The average molecular weight is 521 g/mol. The van der Waals surface area contributed by atoms with E-state index in [1.165, 1.54) is 0 Å². The Kier molecular flexibility index (Phi) is 9.15. The van der Waals surface area contributed by atoms with Gasteiger partial charge in [0.05, 0.1) is 23.9 Å². The molecular weight excluding hydrogens is 484 g/mol. The van der Waals surface area contributed by atoms with E-state index in [1.54, 1.807) is 6.33 Å². The molecule has 11 heteroatoms. The van der Waals surface area contributed by atoms with Crippen LogP contribution < -0.4 is 31.9 Å². The van der Waals surface area contributed by atoms with Gasteiger partial charge in [0.1, 0.15) is 23.7 Å². The Morgan fingerprint density at radius 3 is 2.55 bits per heavy atom. The van der Waals surface area contributed by atoms with Gasteiger partial charge in [-0.2, -0.15) is 5.10 Å². The van der Waals surface area contributed by atoms with E-state index in [2.05, 4.69) is 25.8 Å². The van der Waals surface area contributed by atoms with E-state index in [1.807, 2.05) is 61.2 Å². The number of hydrogen-bond acceptors (Lipinski definition) is 8. The first kappa shape index (κ1) is 26.9. The van der Waals surface area contributed by atoms with Gasteiger partial charge in [-0.05, 0) is 69.5 Å². The first-order chi connectivity index (χ1) is 18.5. The number of nitrogens with one attached hydrogen (secondary N) is 2. The van der Waals surface area contributed by atoms with Crippen LogP contribution in [0.3, 0.4) is 0 Å². The van der Waals surface area contributed by atoms with Gasteiger partial charge in [0.25, 0.3) is 0 Å². The number of amidine groups is 1. The first-order valence-electron chi connectivity index (χ1n) is 12.9. The van der Waals surface area contributed by atoms with Crippen LogP contribution in [0.25, 0.3) is 10.9 Å². The van der Waals surface area contributed by atoms with Crippen molar-refractivity contribution in [3.63, 3.8) is 0 Å². The Bertz CT molecular complexity index is 1240. The van der Waals surface area contributed by atoms with Crippen molar-refractivity contribution in [1.82, 2.24) is 20.3 Å². The number of rotatable bonds is 9. The second-order valence-electron chi connectivity index (χ2n) is 9.49. The lowest BCUT2D eigenvalue weighted by atomic mass is 9.91. The quantitative estimate of drug-likeness (QED) is 0.109. The first-order valence-corrected chi connectivity index (χ1v) is 12.9. The zero-order valence-electron chi connectivity index (χ0n) is 21.9. The molecule has 3 aromatic rings. The maximum atomic E-state index is 12.8. The Morgan fingerprint density at radius 1 is 1.13 bits per heavy atom. The molecule has 4 rings (SSSR count). The molecule has 0 radical (unpaired) electrons. The fraction of sp³-hybridized carbons (Fsp3) is 0.407. The molecule has 1 fully saturated rings. The number of fused-ring (bicyclic) bond motifs is 1. The number of urea groups is 1.